The molecule has 6 atom stereocenters. The fourth-order valence-corrected chi connectivity index (χ4v) is 3.95. The molecule has 2 aliphatic heterocycles. The lowest BCUT2D eigenvalue weighted by atomic mass is 9.82. The van der Waals surface area contributed by atoms with Gasteiger partial charge in [0, 0.05) is 29.6 Å². The molecule has 0 amide bonds. The summed E-state index contributed by atoms with van der Waals surface area (Å²) in [6, 6.07) is 0. The average Bonchev–Trinajstić information content (AvgIpc) is 3.18. The molecule has 0 spiro atoms. The highest BCUT2D eigenvalue weighted by Crippen LogP contribution is 2.48. The van der Waals surface area contributed by atoms with Crippen LogP contribution < -0.4 is 0 Å². The first-order valence-electron chi connectivity index (χ1n) is 9.92. The standard InChI is InChI=1S/C23H28O7/c1-11(2)20(24)27-15-9-18-23(7,30-18)10-17(29-21(25)12(3)4)19-14(6)22(26)28-16(19)8-13(15)5/h8,15-19H,1,3,6,9-10H2,2,4-5,7H3/b13-8-. The van der Waals surface area contributed by atoms with E-state index in [1.807, 2.05) is 6.92 Å². The van der Waals surface area contributed by atoms with Gasteiger partial charge in [0.1, 0.15) is 18.3 Å². The summed E-state index contributed by atoms with van der Waals surface area (Å²) in [6.45, 7) is 18.0. The molecule has 7 nitrogen and oxygen atoms in total. The largest absolute Gasteiger partial charge is 0.458 e. The molecule has 1 aliphatic carbocycles. The lowest BCUT2D eigenvalue weighted by molar-refractivity contribution is -0.149. The van der Waals surface area contributed by atoms with Crippen molar-refractivity contribution in [2.24, 2.45) is 5.92 Å². The van der Waals surface area contributed by atoms with Crippen molar-refractivity contribution in [3.8, 4) is 0 Å². The molecule has 0 bridgehead atoms. The Hall–Kier alpha value is -2.67. The average molecular weight is 416 g/mol. The van der Waals surface area contributed by atoms with Crippen LogP contribution in [0.1, 0.15) is 40.5 Å². The third kappa shape index (κ3) is 4.26. The van der Waals surface area contributed by atoms with E-state index in [0.29, 0.717) is 24.0 Å². The molecular weight excluding hydrogens is 388 g/mol. The van der Waals surface area contributed by atoms with Gasteiger partial charge in [-0.05, 0) is 39.3 Å². The van der Waals surface area contributed by atoms with Crippen LogP contribution in [0.4, 0.5) is 0 Å². The Morgan fingerprint density at radius 2 is 1.77 bits per heavy atom. The first-order chi connectivity index (χ1) is 13.9. The van der Waals surface area contributed by atoms with Gasteiger partial charge in [0.15, 0.2) is 0 Å². The SMILES string of the molecule is C=C(C)C(=O)OC1CC2OC2(C)CC(OC(=O)C(=C)C)C2C(=C)C(=O)OC2/C=C\1C. The van der Waals surface area contributed by atoms with Crippen LogP contribution in [-0.4, -0.2) is 47.9 Å². The van der Waals surface area contributed by atoms with Gasteiger partial charge in [-0.1, -0.05) is 19.7 Å². The molecule has 162 valence electrons. The maximum absolute atomic E-state index is 12.3. The number of hydrogen-bond acceptors (Lipinski definition) is 7. The van der Waals surface area contributed by atoms with Crippen LogP contribution in [0.2, 0.25) is 0 Å². The summed E-state index contributed by atoms with van der Waals surface area (Å²) in [5.41, 5.74) is 0.912. The Bertz CT molecular complexity index is 867. The van der Waals surface area contributed by atoms with Crippen molar-refractivity contribution in [2.75, 3.05) is 0 Å². The smallest absolute Gasteiger partial charge is 0.334 e. The molecule has 0 aromatic rings. The summed E-state index contributed by atoms with van der Waals surface area (Å²) in [7, 11) is 0. The van der Waals surface area contributed by atoms with Crippen molar-refractivity contribution in [1.29, 1.82) is 0 Å². The van der Waals surface area contributed by atoms with Crippen molar-refractivity contribution in [3.05, 3.63) is 48.1 Å². The Labute approximate surface area is 176 Å². The summed E-state index contributed by atoms with van der Waals surface area (Å²) in [5, 5.41) is 0. The van der Waals surface area contributed by atoms with Crippen LogP contribution in [0.15, 0.2) is 48.1 Å². The van der Waals surface area contributed by atoms with E-state index in [-0.39, 0.29) is 17.3 Å². The Balaban J connectivity index is 1.98. The van der Waals surface area contributed by atoms with E-state index in [2.05, 4.69) is 19.7 Å². The first kappa shape index (κ1) is 22.0. The van der Waals surface area contributed by atoms with Crippen molar-refractivity contribution in [3.63, 3.8) is 0 Å². The third-order valence-electron chi connectivity index (χ3n) is 5.87. The second-order valence-corrected chi connectivity index (χ2v) is 8.59. The van der Waals surface area contributed by atoms with Crippen molar-refractivity contribution in [1.82, 2.24) is 0 Å². The number of carbonyl (C=O) groups excluding carboxylic acids is 3. The second kappa shape index (κ2) is 7.87. The fraction of sp³-hybridized carbons (Fsp3) is 0.522. The number of rotatable bonds is 4. The molecule has 0 saturated carbocycles. The van der Waals surface area contributed by atoms with E-state index in [9.17, 15) is 14.4 Å². The summed E-state index contributed by atoms with van der Waals surface area (Å²) >= 11 is 0. The van der Waals surface area contributed by atoms with Crippen LogP contribution in [0.25, 0.3) is 0 Å². The number of fused-ring (bicyclic) bond motifs is 2. The van der Waals surface area contributed by atoms with Gasteiger partial charge in [-0.25, -0.2) is 14.4 Å². The van der Waals surface area contributed by atoms with E-state index >= 15 is 0 Å². The lowest BCUT2D eigenvalue weighted by Gasteiger charge is -2.29. The molecule has 0 aromatic heterocycles. The molecule has 7 heteroatoms. The van der Waals surface area contributed by atoms with Gasteiger partial charge < -0.3 is 18.9 Å². The van der Waals surface area contributed by atoms with Crippen molar-refractivity contribution in [2.45, 2.75) is 70.6 Å². The maximum atomic E-state index is 12.3. The molecule has 0 aromatic carbocycles. The minimum atomic E-state index is -0.696. The summed E-state index contributed by atoms with van der Waals surface area (Å²) < 4.78 is 22.8. The number of hydrogen-bond donors (Lipinski definition) is 0. The molecule has 2 fully saturated rings. The number of epoxide rings is 1. The van der Waals surface area contributed by atoms with Crippen LogP contribution in [-0.2, 0) is 33.3 Å². The molecular formula is C23H28O7. The van der Waals surface area contributed by atoms with Crippen LogP contribution in [0.5, 0.6) is 0 Å². The normalized spacial score (nSPS) is 36.9. The monoisotopic (exact) mass is 416 g/mol. The van der Waals surface area contributed by atoms with Gasteiger partial charge in [0.05, 0.1) is 17.6 Å². The Morgan fingerprint density at radius 3 is 2.37 bits per heavy atom. The van der Waals surface area contributed by atoms with Gasteiger partial charge in [-0.15, -0.1) is 0 Å². The maximum Gasteiger partial charge on any atom is 0.334 e. The van der Waals surface area contributed by atoms with Crippen molar-refractivity contribution < 1.29 is 33.3 Å². The topological polar surface area (TPSA) is 91.4 Å². The van der Waals surface area contributed by atoms with Gasteiger partial charge >= 0.3 is 17.9 Å². The summed E-state index contributed by atoms with van der Waals surface area (Å²) in [5.74, 6) is -2.16. The van der Waals surface area contributed by atoms with E-state index in [1.165, 1.54) is 0 Å². The quantitative estimate of drug-likeness (QED) is 0.229. The highest BCUT2D eigenvalue weighted by molar-refractivity contribution is 5.92. The molecule has 6 unspecified atom stereocenters. The second-order valence-electron chi connectivity index (χ2n) is 8.59. The molecule has 2 saturated heterocycles. The van der Waals surface area contributed by atoms with Crippen molar-refractivity contribution >= 4 is 17.9 Å². The van der Waals surface area contributed by atoms with Gasteiger partial charge in [-0.2, -0.15) is 0 Å². The first-order valence-corrected chi connectivity index (χ1v) is 9.92. The molecule has 3 aliphatic rings. The molecule has 30 heavy (non-hydrogen) atoms. The molecule has 0 N–H and O–H groups in total. The summed E-state index contributed by atoms with van der Waals surface area (Å²) in [4.78, 5) is 36.7. The number of ether oxygens (including phenoxy) is 4. The zero-order valence-corrected chi connectivity index (χ0v) is 17.9. The molecule has 0 radical (unpaired) electrons. The molecule has 3 rings (SSSR count). The minimum Gasteiger partial charge on any atom is -0.458 e. The Kier molecular flexibility index (Phi) is 5.78. The highest BCUT2D eigenvalue weighted by Gasteiger charge is 2.58. The minimum absolute atomic E-state index is 0.197. The van der Waals surface area contributed by atoms with Gasteiger partial charge in [-0.3, -0.25) is 0 Å². The zero-order valence-electron chi connectivity index (χ0n) is 17.9. The number of carbonyl (C=O) groups is 3. The van der Waals surface area contributed by atoms with E-state index < -0.39 is 47.7 Å². The third-order valence-corrected chi connectivity index (χ3v) is 5.87. The predicted octanol–water partition coefficient (Wildman–Crippen LogP) is 2.96. The zero-order chi connectivity index (χ0) is 22.4. The predicted molar refractivity (Wildman–Crippen MR) is 108 cm³/mol. The fourth-order valence-electron chi connectivity index (χ4n) is 3.95. The van der Waals surface area contributed by atoms with Gasteiger partial charge in [0.2, 0.25) is 0 Å². The van der Waals surface area contributed by atoms with Crippen LogP contribution in [0.3, 0.4) is 0 Å². The lowest BCUT2D eigenvalue weighted by Crippen LogP contribution is -2.38. The van der Waals surface area contributed by atoms with Crippen LogP contribution >= 0.6 is 0 Å². The van der Waals surface area contributed by atoms with E-state index in [4.69, 9.17) is 18.9 Å². The van der Waals surface area contributed by atoms with Gasteiger partial charge in [0.25, 0.3) is 0 Å². The Morgan fingerprint density at radius 1 is 1.17 bits per heavy atom. The van der Waals surface area contributed by atoms with E-state index in [0.717, 1.165) is 0 Å². The van der Waals surface area contributed by atoms with Crippen LogP contribution in [0, 0.1) is 5.92 Å². The highest BCUT2D eigenvalue weighted by atomic mass is 16.6. The number of esters is 3. The molecule has 2 heterocycles. The van der Waals surface area contributed by atoms with E-state index in [1.54, 1.807) is 26.8 Å². The summed E-state index contributed by atoms with van der Waals surface area (Å²) in [6.07, 6.45) is 0.405.